The van der Waals surface area contributed by atoms with Gasteiger partial charge in [0.1, 0.15) is 0 Å². The second kappa shape index (κ2) is 6.35. The summed E-state index contributed by atoms with van der Waals surface area (Å²) in [5, 5.41) is 13.9. The highest BCUT2D eigenvalue weighted by atomic mass is 32.1. The van der Waals surface area contributed by atoms with Crippen LogP contribution >= 0.6 is 11.3 Å². The molecule has 2 aromatic rings. The molecule has 24 heavy (non-hydrogen) atoms. The van der Waals surface area contributed by atoms with Crippen LogP contribution in [0.3, 0.4) is 0 Å². The van der Waals surface area contributed by atoms with E-state index in [9.17, 15) is 4.79 Å². The van der Waals surface area contributed by atoms with Crippen molar-refractivity contribution in [1.29, 1.82) is 0 Å². The summed E-state index contributed by atoms with van der Waals surface area (Å²) in [5.74, 6) is 0.855. The van der Waals surface area contributed by atoms with Crippen molar-refractivity contribution in [2.75, 3.05) is 30.4 Å². The minimum atomic E-state index is -0.135. The second-order valence-corrected chi connectivity index (χ2v) is 7.86. The number of aromatic nitrogens is 3. The van der Waals surface area contributed by atoms with Crippen LogP contribution in [0.2, 0.25) is 0 Å². The molecule has 2 aromatic heterocycles. The van der Waals surface area contributed by atoms with Crippen LogP contribution in [0.25, 0.3) is 0 Å². The van der Waals surface area contributed by atoms with Crippen molar-refractivity contribution in [3.63, 3.8) is 0 Å². The predicted octanol–water partition coefficient (Wildman–Crippen LogP) is 2.58. The molecule has 128 valence electrons. The topological polar surface area (TPSA) is 74.2 Å². The molecule has 2 amide bonds. The van der Waals surface area contributed by atoms with Gasteiger partial charge in [-0.25, -0.2) is 9.78 Å². The number of amides is 2. The molecule has 0 unspecified atom stereocenters. The van der Waals surface area contributed by atoms with Gasteiger partial charge in [0, 0.05) is 37.1 Å². The Morgan fingerprint density at radius 3 is 2.62 bits per heavy atom. The Bertz CT molecular complexity index is 688. The van der Waals surface area contributed by atoms with Crippen molar-refractivity contribution in [3.05, 3.63) is 29.4 Å². The number of hydrogen-bond acceptors (Lipinski definition) is 6. The number of nitrogens with one attached hydrogen (secondary N) is 1. The van der Waals surface area contributed by atoms with Crippen LogP contribution < -0.4 is 10.2 Å². The molecular formula is C16H22N6OS. The Hall–Kier alpha value is -2.22. The molecular weight excluding hydrogens is 324 g/mol. The highest BCUT2D eigenvalue weighted by molar-refractivity contribution is 7.13. The fraction of sp³-hybridized carbons (Fsp3) is 0.500. The summed E-state index contributed by atoms with van der Waals surface area (Å²) in [6.07, 6.45) is 1.67. The molecule has 0 radical (unpaired) electrons. The number of carbonyl (C=O) groups is 1. The van der Waals surface area contributed by atoms with Gasteiger partial charge < -0.3 is 9.80 Å². The number of rotatable bonds is 3. The third-order valence-electron chi connectivity index (χ3n) is 4.12. The van der Waals surface area contributed by atoms with Crippen LogP contribution in [0.4, 0.5) is 15.7 Å². The van der Waals surface area contributed by atoms with Gasteiger partial charge in [-0.05, 0) is 12.1 Å². The highest BCUT2D eigenvalue weighted by Crippen LogP contribution is 2.24. The maximum atomic E-state index is 12.2. The van der Waals surface area contributed by atoms with Gasteiger partial charge in [0.2, 0.25) is 0 Å². The van der Waals surface area contributed by atoms with E-state index in [1.54, 1.807) is 18.1 Å². The Balaban J connectivity index is 1.54. The standard InChI is InChI=1S/C16H22N6OS/c1-16(2,3)12-5-6-13(20-19-12)22-9-11(10-22)21(4)15(23)18-14-17-7-8-24-14/h5-8,11H,9-10H2,1-4H3,(H,17,18,23). The summed E-state index contributed by atoms with van der Waals surface area (Å²) in [5.41, 5.74) is 0.972. The molecule has 0 aromatic carbocycles. The van der Waals surface area contributed by atoms with Gasteiger partial charge in [-0.1, -0.05) is 20.8 Å². The average Bonchev–Trinajstić information content (AvgIpc) is 2.98. The van der Waals surface area contributed by atoms with Crippen LogP contribution in [0.15, 0.2) is 23.7 Å². The number of likely N-dealkylation sites (N-methyl/N-ethyl adjacent to an activating group) is 1. The molecule has 3 rings (SSSR count). The molecule has 7 nitrogen and oxygen atoms in total. The lowest BCUT2D eigenvalue weighted by molar-refractivity contribution is 0.191. The first-order valence-electron chi connectivity index (χ1n) is 7.87. The maximum absolute atomic E-state index is 12.2. The third-order valence-corrected chi connectivity index (χ3v) is 4.81. The summed E-state index contributed by atoms with van der Waals surface area (Å²) in [7, 11) is 1.80. The molecule has 1 N–H and O–H groups in total. The van der Waals surface area contributed by atoms with Crippen molar-refractivity contribution in [2.24, 2.45) is 0 Å². The van der Waals surface area contributed by atoms with Crippen molar-refractivity contribution < 1.29 is 4.79 Å². The Labute approximate surface area is 145 Å². The van der Waals surface area contributed by atoms with Gasteiger partial charge in [-0.2, -0.15) is 5.10 Å². The SMILES string of the molecule is CN(C(=O)Nc1nccs1)C1CN(c2ccc(C(C)(C)C)nn2)C1. The van der Waals surface area contributed by atoms with E-state index in [4.69, 9.17) is 0 Å². The molecule has 0 saturated carbocycles. The molecule has 1 aliphatic rings. The zero-order valence-corrected chi connectivity index (χ0v) is 15.2. The van der Waals surface area contributed by atoms with Gasteiger partial charge in [0.25, 0.3) is 0 Å². The van der Waals surface area contributed by atoms with Crippen LogP contribution in [-0.4, -0.2) is 52.3 Å². The summed E-state index contributed by atoms with van der Waals surface area (Å²) < 4.78 is 0. The smallest absolute Gasteiger partial charge is 0.323 e. The summed E-state index contributed by atoms with van der Waals surface area (Å²) in [4.78, 5) is 20.1. The lowest BCUT2D eigenvalue weighted by Gasteiger charge is -2.44. The average molecular weight is 346 g/mol. The monoisotopic (exact) mass is 346 g/mol. The number of hydrogen-bond donors (Lipinski definition) is 1. The molecule has 0 aliphatic carbocycles. The van der Waals surface area contributed by atoms with Gasteiger partial charge in [-0.3, -0.25) is 5.32 Å². The molecule has 0 bridgehead atoms. The van der Waals surface area contributed by atoms with Crippen molar-refractivity contribution in [2.45, 2.75) is 32.2 Å². The summed E-state index contributed by atoms with van der Waals surface area (Å²) in [6.45, 7) is 7.86. The number of carbonyl (C=O) groups excluding carboxylic acids is 1. The predicted molar refractivity (Wildman–Crippen MR) is 95.6 cm³/mol. The first-order chi connectivity index (χ1) is 11.3. The van der Waals surface area contributed by atoms with Gasteiger partial charge >= 0.3 is 6.03 Å². The van der Waals surface area contributed by atoms with E-state index in [0.29, 0.717) is 5.13 Å². The Morgan fingerprint density at radius 1 is 1.33 bits per heavy atom. The number of thiazole rings is 1. The third kappa shape index (κ3) is 3.48. The quantitative estimate of drug-likeness (QED) is 0.924. The second-order valence-electron chi connectivity index (χ2n) is 6.96. The van der Waals surface area contributed by atoms with Gasteiger partial charge in [0.15, 0.2) is 10.9 Å². The molecule has 1 aliphatic heterocycles. The largest absolute Gasteiger partial charge is 0.351 e. The molecule has 3 heterocycles. The van der Waals surface area contributed by atoms with Crippen LogP contribution in [-0.2, 0) is 5.41 Å². The Morgan fingerprint density at radius 2 is 2.08 bits per heavy atom. The lowest BCUT2D eigenvalue weighted by atomic mass is 9.92. The number of anilines is 2. The first kappa shape index (κ1) is 16.6. The van der Waals surface area contributed by atoms with Crippen molar-refractivity contribution in [1.82, 2.24) is 20.1 Å². The highest BCUT2D eigenvalue weighted by Gasteiger charge is 2.33. The number of urea groups is 1. The normalized spacial score (nSPS) is 15.1. The van der Waals surface area contributed by atoms with E-state index < -0.39 is 0 Å². The van der Waals surface area contributed by atoms with E-state index in [2.05, 4.69) is 46.2 Å². The molecule has 1 saturated heterocycles. The lowest BCUT2D eigenvalue weighted by Crippen LogP contribution is -2.60. The summed E-state index contributed by atoms with van der Waals surface area (Å²) >= 11 is 1.41. The van der Waals surface area contributed by atoms with Crippen molar-refractivity contribution >= 4 is 28.3 Å². The van der Waals surface area contributed by atoms with E-state index in [0.717, 1.165) is 24.6 Å². The number of nitrogens with zero attached hydrogens (tertiary/aromatic N) is 5. The zero-order valence-electron chi connectivity index (χ0n) is 14.4. The summed E-state index contributed by atoms with van der Waals surface area (Å²) in [6, 6.07) is 4.05. The van der Waals surface area contributed by atoms with Crippen LogP contribution in [0.5, 0.6) is 0 Å². The van der Waals surface area contributed by atoms with E-state index in [1.165, 1.54) is 11.3 Å². The zero-order chi connectivity index (χ0) is 17.3. The van der Waals surface area contributed by atoms with Crippen LogP contribution in [0, 0.1) is 0 Å². The van der Waals surface area contributed by atoms with Crippen LogP contribution in [0.1, 0.15) is 26.5 Å². The fourth-order valence-electron chi connectivity index (χ4n) is 2.41. The molecule has 1 fully saturated rings. The minimum Gasteiger partial charge on any atom is -0.351 e. The first-order valence-corrected chi connectivity index (χ1v) is 8.75. The molecule has 0 atom stereocenters. The minimum absolute atomic E-state index is 0.00283. The molecule has 0 spiro atoms. The van der Waals surface area contributed by atoms with E-state index in [-0.39, 0.29) is 17.5 Å². The fourth-order valence-corrected chi connectivity index (χ4v) is 2.93. The van der Waals surface area contributed by atoms with Gasteiger partial charge in [0.05, 0.1) is 11.7 Å². The van der Waals surface area contributed by atoms with E-state index in [1.807, 2.05) is 17.5 Å². The van der Waals surface area contributed by atoms with Gasteiger partial charge in [-0.15, -0.1) is 16.4 Å². The maximum Gasteiger partial charge on any atom is 0.323 e. The van der Waals surface area contributed by atoms with Crippen molar-refractivity contribution in [3.8, 4) is 0 Å². The van der Waals surface area contributed by atoms with E-state index >= 15 is 0 Å². The molecule has 8 heteroatoms. The Kier molecular flexibility index (Phi) is 4.40.